The van der Waals surface area contributed by atoms with E-state index in [2.05, 4.69) is 12.6 Å². The van der Waals surface area contributed by atoms with E-state index < -0.39 is 23.8 Å². The van der Waals surface area contributed by atoms with Crippen LogP contribution in [0.1, 0.15) is 23.0 Å². The minimum absolute atomic E-state index is 0.274. The fourth-order valence-electron chi connectivity index (χ4n) is 2.66. The average Bonchev–Trinajstić information content (AvgIpc) is 2.84. The van der Waals surface area contributed by atoms with E-state index in [0.717, 1.165) is 11.1 Å². The molecule has 0 amide bonds. The lowest BCUT2D eigenvalue weighted by Crippen LogP contribution is -2.14. The van der Waals surface area contributed by atoms with Gasteiger partial charge < -0.3 is 9.47 Å². The molecule has 0 N–H and O–H groups in total. The van der Waals surface area contributed by atoms with Gasteiger partial charge in [0.2, 0.25) is 0 Å². The number of hydrogen-bond acceptors (Lipinski definition) is 5. The number of esters is 2. The average molecular weight is 314 g/mol. The molecule has 1 aliphatic heterocycles. The fraction of sp³-hybridized carbons (Fsp3) is 0.176. The second-order valence-corrected chi connectivity index (χ2v) is 5.21. The van der Waals surface area contributed by atoms with Crippen LogP contribution in [-0.4, -0.2) is 17.9 Å². The predicted octanol–water partition coefficient (Wildman–Crippen LogP) is 2.90. The molecule has 0 spiro atoms. The summed E-state index contributed by atoms with van der Waals surface area (Å²) < 4.78 is 10.1. The Bertz CT molecular complexity index is 682. The van der Waals surface area contributed by atoms with Crippen molar-refractivity contribution in [1.82, 2.24) is 0 Å². The highest BCUT2D eigenvalue weighted by molar-refractivity contribution is 7.80. The summed E-state index contributed by atoms with van der Waals surface area (Å²) in [6, 6.07) is 16.3. The third-order valence-corrected chi connectivity index (χ3v) is 3.80. The second kappa shape index (κ2) is 6.23. The second-order valence-electron chi connectivity index (χ2n) is 4.95. The molecule has 0 radical (unpaired) electrons. The van der Waals surface area contributed by atoms with Crippen LogP contribution < -0.4 is 4.74 Å². The van der Waals surface area contributed by atoms with E-state index in [1.165, 1.54) is 0 Å². The monoisotopic (exact) mass is 314 g/mol. The molecule has 3 rings (SSSR count). The van der Waals surface area contributed by atoms with E-state index in [1.54, 1.807) is 24.3 Å². The van der Waals surface area contributed by atoms with E-state index in [9.17, 15) is 9.59 Å². The zero-order valence-electron chi connectivity index (χ0n) is 11.6. The van der Waals surface area contributed by atoms with E-state index in [0.29, 0.717) is 5.75 Å². The standard InChI is InChI=1S/C17H14O4S/c18-16-14(11-4-2-1-3-5-11)15(17(19)21-16)12-6-8-13(9-7-12)20-10-22/h1-9,14-15,22H,10H2. The number of ether oxygens (including phenoxy) is 2. The van der Waals surface area contributed by atoms with Gasteiger partial charge in [-0.05, 0) is 23.3 Å². The van der Waals surface area contributed by atoms with E-state index in [1.807, 2.05) is 30.3 Å². The maximum absolute atomic E-state index is 12.1. The van der Waals surface area contributed by atoms with Gasteiger partial charge in [0.25, 0.3) is 0 Å². The Kier molecular flexibility index (Phi) is 4.15. The highest BCUT2D eigenvalue weighted by atomic mass is 32.1. The molecule has 2 aromatic carbocycles. The molecule has 1 heterocycles. The van der Waals surface area contributed by atoms with Crippen molar-refractivity contribution in [3.63, 3.8) is 0 Å². The minimum atomic E-state index is -0.625. The summed E-state index contributed by atoms with van der Waals surface area (Å²) in [6.07, 6.45) is 0. The zero-order chi connectivity index (χ0) is 15.5. The van der Waals surface area contributed by atoms with Crippen molar-refractivity contribution < 1.29 is 19.1 Å². The quantitative estimate of drug-likeness (QED) is 0.408. The summed E-state index contributed by atoms with van der Waals surface area (Å²) in [4.78, 5) is 24.2. The van der Waals surface area contributed by atoms with Crippen LogP contribution in [0.2, 0.25) is 0 Å². The molecule has 0 aromatic heterocycles. The SMILES string of the molecule is O=C1OC(=O)C(c2ccc(OCS)cc2)C1c1ccccc1. The van der Waals surface area contributed by atoms with E-state index in [4.69, 9.17) is 9.47 Å². The van der Waals surface area contributed by atoms with Crippen molar-refractivity contribution in [2.45, 2.75) is 11.8 Å². The summed E-state index contributed by atoms with van der Waals surface area (Å²) in [6.45, 7) is 0. The summed E-state index contributed by atoms with van der Waals surface area (Å²) >= 11 is 3.99. The van der Waals surface area contributed by atoms with Crippen LogP contribution in [0, 0.1) is 0 Å². The summed E-state index contributed by atoms with van der Waals surface area (Å²) in [5, 5.41) is 0. The summed E-state index contributed by atoms with van der Waals surface area (Å²) in [5.74, 6) is -1.31. The van der Waals surface area contributed by atoms with Gasteiger partial charge >= 0.3 is 11.9 Å². The first-order valence-corrected chi connectivity index (χ1v) is 7.48. The summed E-state index contributed by atoms with van der Waals surface area (Å²) in [7, 11) is 0. The van der Waals surface area contributed by atoms with Crippen LogP contribution in [0.25, 0.3) is 0 Å². The lowest BCUT2D eigenvalue weighted by atomic mass is 9.83. The molecule has 2 unspecified atom stereocenters. The van der Waals surface area contributed by atoms with Crippen LogP contribution in [0.15, 0.2) is 54.6 Å². The smallest absolute Gasteiger partial charge is 0.322 e. The van der Waals surface area contributed by atoms with Gasteiger partial charge in [-0.25, -0.2) is 0 Å². The molecule has 4 nitrogen and oxygen atoms in total. The first-order chi connectivity index (χ1) is 10.7. The third kappa shape index (κ3) is 2.72. The van der Waals surface area contributed by atoms with Crippen molar-refractivity contribution in [2.24, 2.45) is 0 Å². The molecule has 112 valence electrons. The van der Waals surface area contributed by atoms with E-state index in [-0.39, 0.29) is 5.94 Å². The molecule has 2 atom stereocenters. The van der Waals surface area contributed by atoms with Crippen molar-refractivity contribution in [1.29, 1.82) is 0 Å². The Balaban J connectivity index is 1.95. The maximum atomic E-state index is 12.1. The Morgan fingerprint density at radius 2 is 1.41 bits per heavy atom. The van der Waals surface area contributed by atoms with Gasteiger partial charge in [0.05, 0.1) is 11.8 Å². The maximum Gasteiger partial charge on any atom is 0.322 e. The number of cyclic esters (lactones) is 2. The van der Waals surface area contributed by atoms with Crippen LogP contribution in [-0.2, 0) is 14.3 Å². The van der Waals surface area contributed by atoms with Gasteiger partial charge in [0.15, 0.2) is 0 Å². The molecule has 1 saturated heterocycles. The number of benzene rings is 2. The fourth-order valence-corrected chi connectivity index (χ4v) is 2.81. The molecular weight excluding hydrogens is 300 g/mol. The minimum Gasteiger partial charge on any atom is -0.483 e. The van der Waals surface area contributed by atoms with Crippen LogP contribution in [0.3, 0.4) is 0 Å². The molecule has 0 aliphatic carbocycles. The van der Waals surface area contributed by atoms with Gasteiger partial charge in [0, 0.05) is 0 Å². The first-order valence-electron chi connectivity index (χ1n) is 6.85. The van der Waals surface area contributed by atoms with Crippen molar-refractivity contribution in [3.8, 4) is 5.75 Å². The number of rotatable bonds is 4. The molecule has 5 heteroatoms. The Labute approximate surface area is 133 Å². The number of carbonyl (C=O) groups is 2. The molecule has 2 aromatic rings. The van der Waals surface area contributed by atoms with Crippen molar-refractivity contribution >= 4 is 24.6 Å². The van der Waals surface area contributed by atoms with Crippen molar-refractivity contribution in [3.05, 3.63) is 65.7 Å². The molecular formula is C17H14O4S. The highest BCUT2D eigenvalue weighted by Crippen LogP contribution is 2.40. The molecule has 1 aliphatic rings. The highest BCUT2D eigenvalue weighted by Gasteiger charge is 2.45. The lowest BCUT2D eigenvalue weighted by molar-refractivity contribution is -0.152. The Morgan fingerprint density at radius 1 is 0.864 bits per heavy atom. The van der Waals surface area contributed by atoms with Crippen LogP contribution in [0.4, 0.5) is 0 Å². The Morgan fingerprint density at radius 3 is 1.95 bits per heavy atom. The van der Waals surface area contributed by atoms with Crippen molar-refractivity contribution in [2.75, 3.05) is 5.94 Å². The van der Waals surface area contributed by atoms with Gasteiger partial charge in [-0.15, -0.1) is 12.6 Å². The van der Waals surface area contributed by atoms with Crippen LogP contribution >= 0.6 is 12.6 Å². The molecule has 0 bridgehead atoms. The molecule has 22 heavy (non-hydrogen) atoms. The number of carbonyl (C=O) groups excluding carboxylic acids is 2. The van der Waals surface area contributed by atoms with Gasteiger partial charge in [-0.2, -0.15) is 0 Å². The third-order valence-electron chi connectivity index (χ3n) is 3.67. The number of hydrogen-bond donors (Lipinski definition) is 1. The molecule has 1 fully saturated rings. The Hall–Kier alpha value is -2.27. The van der Waals surface area contributed by atoms with Gasteiger partial charge in [0.1, 0.15) is 11.7 Å². The molecule has 0 saturated carbocycles. The first kappa shape index (κ1) is 14.7. The summed E-state index contributed by atoms with van der Waals surface area (Å²) in [5.41, 5.74) is 1.51. The number of thiol groups is 1. The van der Waals surface area contributed by atoms with Gasteiger partial charge in [-0.3, -0.25) is 9.59 Å². The topological polar surface area (TPSA) is 52.6 Å². The predicted molar refractivity (Wildman–Crippen MR) is 83.9 cm³/mol. The normalized spacial score (nSPS) is 20.8. The zero-order valence-corrected chi connectivity index (χ0v) is 12.5. The lowest BCUT2D eigenvalue weighted by Gasteiger charge is -2.15. The van der Waals surface area contributed by atoms with Gasteiger partial charge in [-0.1, -0.05) is 42.5 Å². The van der Waals surface area contributed by atoms with E-state index >= 15 is 0 Å². The van der Waals surface area contributed by atoms with Crippen LogP contribution in [0.5, 0.6) is 5.75 Å². The largest absolute Gasteiger partial charge is 0.483 e.